The van der Waals surface area contributed by atoms with Crippen molar-refractivity contribution in [1.82, 2.24) is 4.98 Å². The molecule has 0 aromatic carbocycles. The third-order valence-electron chi connectivity index (χ3n) is 2.29. The summed E-state index contributed by atoms with van der Waals surface area (Å²) in [6, 6.07) is 0. The van der Waals surface area contributed by atoms with E-state index in [0.29, 0.717) is 23.7 Å². The van der Waals surface area contributed by atoms with Crippen LogP contribution in [0.1, 0.15) is 47.6 Å². The van der Waals surface area contributed by atoms with Gasteiger partial charge in [-0.3, -0.25) is 0 Å². The van der Waals surface area contributed by atoms with Crippen molar-refractivity contribution in [3.05, 3.63) is 15.6 Å². The SMILES string of the molecule is Cc1nc(CN)sc1C(=O)OCCC(C)(C)C. The Morgan fingerprint density at radius 3 is 2.59 bits per heavy atom. The van der Waals surface area contributed by atoms with Crippen LogP contribution in [0.25, 0.3) is 0 Å². The van der Waals surface area contributed by atoms with Gasteiger partial charge < -0.3 is 10.5 Å². The van der Waals surface area contributed by atoms with Crippen LogP contribution >= 0.6 is 11.3 Å². The number of hydrogen-bond acceptors (Lipinski definition) is 5. The maximum atomic E-state index is 11.8. The van der Waals surface area contributed by atoms with E-state index in [4.69, 9.17) is 10.5 Å². The Morgan fingerprint density at radius 2 is 2.12 bits per heavy atom. The third-order valence-corrected chi connectivity index (χ3v) is 3.45. The van der Waals surface area contributed by atoms with Crippen LogP contribution in [0.2, 0.25) is 0 Å². The maximum absolute atomic E-state index is 11.8. The highest BCUT2D eigenvalue weighted by atomic mass is 32.1. The summed E-state index contributed by atoms with van der Waals surface area (Å²) < 4.78 is 5.23. The van der Waals surface area contributed by atoms with Crippen LogP contribution in [0.5, 0.6) is 0 Å². The quantitative estimate of drug-likeness (QED) is 0.841. The first-order valence-electron chi connectivity index (χ1n) is 5.67. The number of thiazole rings is 1. The molecule has 0 aliphatic heterocycles. The zero-order valence-electron chi connectivity index (χ0n) is 10.9. The minimum absolute atomic E-state index is 0.172. The Balaban J connectivity index is 2.55. The number of aromatic nitrogens is 1. The molecule has 1 aromatic heterocycles. The number of rotatable bonds is 4. The molecule has 4 nitrogen and oxygen atoms in total. The lowest BCUT2D eigenvalue weighted by Crippen LogP contribution is -2.13. The largest absolute Gasteiger partial charge is 0.461 e. The molecule has 0 aliphatic carbocycles. The molecular formula is C12H20N2O2S. The number of hydrogen-bond donors (Lipinski definition) is 1. The van der Waals surface area contributed by atoms with Gasteiger partial charge in [0.15, 0.2) is 0 Å². The second-order valence-corrected chi connectivity index (χ2v) is 6.26. The number of carbonyl (C=O) groups excluding carboxylic acids is 1. The van der Waals surface area contributed by atoms with Gasteiger partial charge in [-0.05, 0) is 18.8 Å². The molecule has 17 heavy (non-hydrogen) atoms. The summed E-state index contributed by atoms with van der Waals surface area (Å²) >= 11 is 1.31. The summed E-state index contributed by atoms with van der Waals surface area (Å²) in [4.78, 5) is 16.6. The average Bonchev–Trinajstić information content (AvgIpc) is 2.57. The van der Waals surface area contributed by atoms with E-state index in [1.165, 1.54) is 11.3 Å². The van der Waals surface area contributed by atoms with Crippen molar-refractivity contribution in [1.29, 1.82) is 0 Å². The molecule has 5 heteroatoms. The van der Waals surface area contributed by atoms with Gasteiger partial charge in [-0.2, -0.15) is 0 Å². The first kappa shape index (κ1) is 14.1. The Kier molecular flexibility index (Phi) is 4.65. The fourth-order valence-electron chi connectivity index (χ4n) is 1.24. The van der Waals surface area contributed by atoms with Gasteiger partial charge in [0, 0.05) is 6.54 Å². The summed E-state index contributed by atoms with van der Waals surface area (Å²) in [6.45, 7) is 8.95. The maximum Gasteiger partial charge on any atom is 0.350 e. The summed E-state index contributed by atoms with van der Waals surface area (Å²) in [7, 11) is 0. The fourth-order valence-corrected chi connectivity index (χ4v) is 2.08. The molecule has 96 valence electrons. The predicted octanol–water partition coefficient (Wildman–Crippen LogP) is 2.50. The normalized spacial score (nSPS) is 11.6. The molecular weight excluding hydrogens is 236 g/mol. The van der Waals surface area contributed by atoms with Crippen LogP contribution in [0, 0.1) is 12.3 Å². The van der Waals surface area contributed by atoms with E-state index >= 15 is 0 Å². The lowest BCUT2D eigenvalue weighted by atomic mass is 9.93. The van der Waals surface area contributed by atoms with Crippen molar-refractivity contribution in [2.24, 2.45) is 11.1 Å². The minimum atomic E-state index is -0.288. The molecule has 0 unspecified atom stereocenters. The second-order valence-electron chi connectivity index (χ2n) is 5.17. The summed E-state index contributed by atoms with van der Waals surface area (Å²) in [5.74, 6) is -0.288. The van der Waals surface area contributed by atoms with Gasteiger partial charge in [0.25, 0.3) is 0 Å². The summed E-state index contributed by atoms with van der Waals surface area (Å²) in [6.07, 6.45) is 0.848. The zero-order valence-corrected chi connectivity index (χ0v) is 11.7. The topological polar surface area (TPSA) is 65.2 Å². The molecule has 0 spiro atoms. The third kappa shape index (κ3) is 4.44. The Morgan fingerprint density at radius 1 is 1.47 bits per heavy atom. The molecule has 0 aliphatic rings. The lowest BCUT2D eigenvalue weighted by Gasteiger charge is -2.17. The Bertz CT molecular complexity index is 394. The number of carbonyl (C=O) groups is 1. The highest BCUT2D eigenvalue weighted by Gasteiger charge is 2.17. The van der Waals surface area contributed by atoms with Gasteiger partial charge in [0.05, 0.1) is 12.3 Å². The van der Waals surface area contributed by atoms with Crippen molar-refractivity contribution in [2.45, 2.75) is 40.7 Å². The molecule has 0 atom stereocenters. The molecule has 0 bridgehead atoms. The van der Waals surface area contributed by atoms with Crippen LogP contribution in [0.3, 0.4) is 0 Å². The van der Waals surface area contributed by atoms with Crippen molar-refractivity contribution in [3.8, 4) is 0 Å². The number of nitrogens with zero attached hydrogens (tertiary/aromatic N) is 1. The average molecular weight is 256 g/mol. The molecule has 0 fully saturated rings. The van der Waals surface area contributed by atoms with Gasteiger partial charge >= 0.3 is 5.97 Å². The van der Waals surface area contributed by atoms with E-state index in [0.717, 1.165) is 11.4 Å². The molecule has 0 saturated carbocycles. The van der Waals surface area contributed by atoms with Crippen LogP contribution in [0.4, 0.5) is 0 Å². The Hall–Kier alpha value is -0.940. The van der Waals surface area contributed by atoms with E-state index in [9.17, 15) is 4.79 Å². The zero-order chi connectivity index (χ0) is 13.1. The standard InChI is InChI=1S/C12H20N2O2S/c1-8-10(17-9(7-13)14-8)11(15)16-6-5-12(2,3)4/h5-7,13H2,1-4H3. The smallest absolute Gasteiger partial charge is 0.350 e. The fraction of sp³-hybridized carbons (Fsp3) is 0.667. The highest BCUT2D eigenvalue weighted by Crippen LogP contribution is 2.21. The van der Waals surface area contributed by atoms with E-state index < -0.39 is 0 Å². The van der Waals surface area contributed by atoms with Crippen molar-refractivity contribution in [3.63, 3.8) is 0 Å². The van der Waals surface area contributed by atoms with E-state index in [1.54, 1.807) is 6.92 Å². The molecule has 0 saturated heterocycles. The van der Waals surface area contributed by atoms with Gasteiger partial charge in [0.2, 0.25) is 0 Å². The molecule has 2 N–H and O–H groups in total. The van der Waals surface area contributed by atoms with Crippen LogP contribution < -0.4 is 5.73 Å². The van der Waals surface area contributed by atoms with Gasteiger partial charge in [-0.1, -0.05) is 20.8 Å². The van der Waals surface area contributed by atoms with Crippen LogP contribution in [-0.2, 0) is 11.3 Å². The summed E-state index contributed by atoms with van der Waals surface area (Å²) in [5, 5.41) is 0.769. The highest BCUT2D eigenvalue weighted by molar-refractivity contribution is 7.13. The minimum Gasteiger partial charge on any atom is -0.461 e. The van der Waals surface area contributed by atoms with Crippen LogP contribution in [0.15, 0.2) is 0 Å². The molecule has 1 heterocycles. The molecule has 0 amide bonds. The number of esters is 1. The first-order valence-corrected chi connectivity index (χ1v) is 6.48. The van der Waals surface area contributed by atoms with Gasteiger partial charge in [-0.25, -0.2) is 9.78 Å². The first-order chi connectivity index (χ1) is 7.83. The Labute approximate surface area is 106 Å². The van der Waals surface area contributed by atoms with Crippen molar-refractivity contribution < 1.29 is 9.53 Å². The number of nitrogens with two attached hydrogens (primary N) is 1. The van der Waals surface area contributed by atoms with E-state index in [1.807, 2.05) is 0 Å². The lowest BCUT2D eigenvalue weighted by molar-refractivity contribution is 0.0469. The van der Waals surface area contributed by atoms with Crippen molar-refractivity contribution in [2.75, 3.05) is 6.61 Å². The molecule has 1 rings (SSSR count). The van der Waals surface area contributed by atoms with Crippen LogP contribution in [-0.4, -0.2) is 17.6 Å². The van der Waals surface area contributed by atoms with Gasteiger partial charge in [-0.15, -0.1) is 11.3 Å². The summed E-state index contributed by atoms with van der Waals surface area (Å²) in [5.41, 5.74) is 6.36. The van der Waals surface area contributed by atoms with Crippen molar-refractivity contribution >= 4 is 17.3 Å². The number of ether oxygens (including phenoxy) is 1. The van der Waals surface area contributed by atoms with Gasteiger partial charge in [0.1, 0.15) is 9.88 Å². The van der Waals surface area contributed by atoms with E-state index in [2.05, 4.69) is 25.8 Å². The van der Waals surface area contributed by atoms with E-state index in [-0.39, 0.29) is 11.4 Å². The monoisotopic (exact) mass is 256 g/mol. The molecule has 1 aromatic rings. The molecule has 0 radical (unpaired) electrons. The second kappa shape index (κ2) is 5.60. The predicted molar refractivity (Wildman–Crippen MR) is 69.1 cm³/mol. The number of aryl methyl sites for hydroxylation is 1.